The number of rotatable bonds is 12. The van der Waals surface area contributed by atoms with Crippen LogP contribution in [0.25, 0.3) is 10.8 Å². The van der Waals surface area contributed by atoms with Gasteiger partial charge in [-0.05, 0) is 47.2 Å². The number of carbonyl (C=O) groups is 2. The third kappa shape index (κ3) is 8.20. The van der Waals surface area contributed by atoms with Crippen LogP contribution in [-0.2, 0) is 24.3 Å². The zero-order chi connectivity index (χ0) is 23.5. The van der Waals surface area contributed by atoms with E-state index >= 15 is 0 Å². The van der Waals surface area contributed by atoms with Gasteiger partial charge in [0.1, 0.15) is 0 Å². The molecule has 0 unspecified atom stereocenters. The average molecular weight is 487 g/mol. The van der Waals surface area contributed by atoms with Crippen LogP contribution < -0.4 is 10.0 Å². The van der Waals surface area contributed by atoms with Crippen molar-refractivity contribution in [1.29, 1.82) is 0 Å². The van der Waals surface area contributed by atoms with Crippen molar-refractivity contribution in [3.05, 3.63) is 72.8 Å². The molecule has 0 radical (unpaired) electrons. The van der Waals surface area contributed by atoms with Crippen molar-refractivity contribution in [1.82, 2.24) is 10.0 Å². The van der Waals surface area contributed by atoms with Crippen molar-refractivity contribution in [2.75, 3.05) is 25.4 Å². The van der Waals surface area contributed by atoms with Crippen LogP contribution in [0.2, 0.25) is 0 Å². The number of amides is 1. The number of benzene rings is 3. The van der Waals surface area contributed by atoms with Crippen LogP contribution >= 0.6 is 11.8 Å². The summed E-state index contributed by atoms with van der Waals surface area (Å²) in [6, 6.07) is 22.3. The Morgan fingerprint density at radius 1 is 0.879 bits per heavy atom. The molecule has 0 saturated carbocycles. The first-order valence-electron chi connectivity index (χ1n) is 10.5. The summed E-state index contributed by atoms with van der Waals surface area (Å²) in [5.41, 5.74) is 0. The Kier molecular flexibility index (Phi) is 9.29. The van der Waals surface area contributed by atoms with Gasteiger partial charge in [0, 0.05) is 18.0 Å². The molecule has 3 aromatic rings. The summed E-state index contributed by atoms with van der Waals surface area (Å²) >= 11 is 1.71. The minimum atomic E-state index is -3.76. The Balaban J connectivity index is 1.30. The molecular weight excluding hydrogens is 460 g/mol. The molecule has 1 amide bonds. The number of nitrogens with one attached hydrogen (secondary N) is 2. The van der Waals surface area contributed by atoms with Crippen LogP contribution in [-0.4, -0.2) is 45.7 Å². The van der Waals surface area contributed by atoms with Gasteiger partial charge in [-0.15, -0.1) is 11.8 Å². The van der Waals surface area contributed by atoms with Crippen LogP contribution in [0.5, 0.6) is 0 Å². The highest BCUT2D eigenvalue weighted by Crippen LogP contribution is 2.19. The highest BCUT2D eigenvalue weighted by Gasteiger charge is 2.15. The number of thioether (sulfide) groups is 1. The van der Waals surface area contributed by atoms with Gasteiger partial charge in [0.15, 0.2) is 6.61 Å². The zero-order valence-corrected chi connectivity index (χ0v) is 19.7. The lowest BCUT2D eigenvalue weighted by Gasteiger charge is -2.09. The van der Waals surface area contributed by atoms with Gasteiger partial charge in [-0.1, -0.05) is 48.5 Å². The summed E-state index contributed by atoms with van der Waals surface area (Å²) in [5, 5.41) is 4.45. The molecule has 0 aliphatic heterocycles. The summed E-state index contributed by atoms with van der Waals surface area (Å²) in [6.07, 6.45) is 0.615. The number of hydrogen-bond donors (Lipinski definition) is 2. The lowest BCUT2D eigenvalue weighted by molar-refractivity contribution is -0.148. The van der Waals surface area contributed by atoms with Crippen LogP contribution in [0.1, 0.15) is 12.8 Å². The fraction of sp³-hybridized carbons (Fsp3) is 0.250. The van der Waals surface area contributed by atoms with Crippen molar-refractivity contribution in [3.8, 4) is 0 Å². The maximum atomic E-state index is 12.5. The lowest BCUT2D eigenvalue weighted by atomic mass is 10.1. The van der Waals surface area contributed by atoms with E-state index in [0.29, 0.717) is 6.54 Å². The molecular formula is C24H26N2O5S2. The quantitative estimate of drug-likeness (QED) is 0.231. The maximum Gasteiger partial charge on any atom is 0.307 e. The van der Waals surface area contributed by atoms with Gasteiger partial charge in [0.05, 0.1) is 11.3 Å². The fourth-order valence-corrected chi connectivity index (χ4v) is 4.92. The van der Waals surface area contributed by atoms with E-state index < -0.39 is 16.0 Å². The zero-order valence-electron chi connectivity index (χ0n) is 18.0. The molecule has 0 fully saturated rings. The monoisotopic (exact) mass is 486 g/mol. The van der Waals surface area contributed by atoms with Crippen molar-refractivity contribution in [3.63, 3.8) is 0 Å². The number of hydrogen-bond acceptors (Lipinski definition) is 6. The van der Waals surface area contributed by atoms with Gasteiger partial charge in [-0.25, -0.2) is 13.1 Å². The van der Waals surface area contributed by atoms with Gasteiger partial charge in [-0.2, -0.15) is 0 Å². The smallest absolute Gasteiger partial charge is 0.307 e. The minimum Gasteiger partial charge on any atom is -0.456 e. The summed E-state index contributed by atoms with van der Waals surface area (Å²) in [5.74, 6) is -0.169. The number of carbonyl (C=O) groups excluding carboxylic acids is 2. The Bertz CT molecular complexity index is 1180. The van der Waals surface area contributed by atoms with Crippen molar-refractivity contribution in [2.45, 2.75) is 22.6 Å². The van der Waals surface area contributed by atoms with Gasteiger partial charge < -0.3 is 10.1 Å². The number of sulfonamides is 1. The maximum absolute atomic E-state index is 12.5. The van der Waals surface area contributed by atoms with Crippen LogP contribution in [0.4, 0.5) is 0 Å². The second-order valence-electron chi connectivity index (χ2n) is 7.18. The van der Waals surface area contributed by atoms with E-state index in [9.17, 15) is 18.0 Å². The van der Waals surface area contributed by atoms with E-state index in [2.05, 4.69) is 10.0 Å². The molecule has 7 nitrogen and oxygen atoms in total. The molecule has 0 saturated heterocycles. The number of ether oxygens (including phenoxy) is 1. The van der Waals surface area contributed by atoms with E-state index in [4.69, 9.17) is 4.74 Å². The first-order valence-corrected chi connectivity index (χ1v) is 13.0. The van der Waals surface area contributed by atoms with Crippen molar-refractivity contribution in [2.24, 2.45) is 0 Å². The molecule has 0 spiro atoms. The first-order chi connectivity index (χ1) is 15.9. The van der Waals surface area contributed by atoms with Gasteiger partial charge in [0.25, 0.3) is 5.91 Å². The Labute approximate surface area is 198 Å². The van der Waals surface area contributed by atoms with E-state index in [1.54, 1.807) is 23.9 Å². The largest absolute Gasteiger partial charge is 0.456 e. The molecule has 0 bridgehead atoms. The predicted molar refractivity (Wildman–Crippen MR) is 130 cm³/mol. The van der Waals surface area contributed by atoms with Crippen molar-refractivity contribution >= 4 is 44.4 Å². The highest BCUT2D eigenvalue weighted by molar-refractivity contribution is 7.99. The van der Waals surface area contributed by atoms with E-state index in [0.717, 1.165) is 22.9 Å². The van der Waals surface area contributed by atoms with E-state index in [-0.39, 0.29) is 30.4 Å². The fourth-order valence-electron chi connectivity index (χ4n) is 2.98. The molecule has 33 heavy (non-hydrogen) atoms. The van der Waals surface area contributed by atoms with Crippen molar-refractivity contribution < 1.29 is 22.7 Å². The SMILES string of the molecule is O=C(COC(=O)CCNS(=O)(=O)c1ccc2ccccc2c1)NCCCSc1ccccc1. The Hall–Kier alpha value is -2.88. The van der Waals surface area contributed by atoms with Crippen LogP contribution in [0.15, 0.2) is 82.6 Å². The average Bonchev–Trinajstić information content (AvgIpc) is 2.82. The highest BCUT2D eigenvalue weighted by atomic mass is 32.2. The molecule has 0 aliphatic carbocycles. The second kappa shape index (κ2) is 12.4. The lowest BCUT2D eigenvalue weighted by Crippen LogP contribution is -2.31. The van der Waals surface area contributed by atoms with E-state index in [1.165, 1.54) is 11.0 Å². The molecule has 174 valence electrons. The topological polar surface area (TPSA) is 102 Å². The van der Waals surface area contributed by atoms with Crippen LogP contribution in [0.3, 0.4) is 0 Å². The molecule has 9 heteroatoms. The Morgan fingerprint density at radius 3 is 2.39 bits per heavy atom. The van der Waals surface area contributed by atoms with Gasteiger partial charge in [-0.3, -0.25) is 9.59 Å². The second-order valence-corrected chi connectivity index (χ2v) is 10.1. The third-order valence-electron chi connectivity index (χ3n) is 4.67. The van der Waals surface area contributed by atoms with E-state index in [1.807, 2.05) is 54.6 Å². The van der Waals surface area contributed by atoms with Crippen LogP contribution in [0, 0.1) is 0 Å². The molecule has 0 aliphatic rings. The molecule has 0 heterocycles. The standard InChI is InChI=1S/C24H26N2O5S2/c27-23(25-14-6-16-32-21-9-2-1-3-10-21)18-31-24(28)13-15-26-33(29,30)22-12-11-19-7-4-5-8-20(19)17-22/h1-5,7-12,17,26H,6,13-16,18H2,(H,25,27). The molecule has 3 rings (SSSR count). The molecule has 2 N–H and O–H groups in total. The van der Waals surface area contributed by atoms with Gasteiger partial charge in [0.2, 0.25) is 10.0 Å². The third-order valence-corrected chi connectivity index (χ3v) is 7.23. The number of fused-ring (bicyclic) bond motifs is 1. The summed E-state index contributed by atoms with van der Waals surface area (Å²) in [4.78, 5) is 24.9. The minimum absolute atomic E-state index is 0.119. The Morgan fingerprint density at radius 2 is 1.61 bits per heavy atom. The molecule has 0 aromatic heterocycles. The molecule has 3 aromatic carbocycles. The summed E-state index contributed by atoms with van der Waals surface area (Å²) in [7, 11) is -3.76. The molecule has 0 atom stereocenters. The summed E-state index contributed by atoms with van der Waals surface area (Å²) in [6.45, 7) is -0.0177. The van der Waals surface area contributed by atoms with Gasteiger partial charge >= 0.3 is 5.97 Å². The predicted octanol–water partition coefficient (Wildman–Crippen LogP) is 3.35. The summed E-state index contributed by atoms with van der Waals surface area (Å²) < 4.78 is 32.2. The number of esters is 1. The normalized spacial score (nSPS) is 11.3. The first kappa shape index (κ1) is 24.8.